The van der Waals surface area contributed by atoms with Gasteiger partial charge in [-0.1, -0.05) is 12.8 Å². The smallest absolute Gasteiger partial charge is 0.325 e. The first-order valence-corrected chi connectivity index (χ1v) is 5.96. The monoisotopic (exact) mass is 257 g/mol. The zero-order valence-electron chi connectivity index (χ0n) is 10.4. The lowest BCUT2D eigenvalue weighted by Crippen LogP contribution is -2.60. The van der Waals surface area contributed by atoms with Crippen LogP contribution >= 0.6 is 0 Å². The molecule has 0 aromatic carbocycles. The Bertz CT molecular complexity index is 350. The molecule has 0 bridgehead atoms. The van der Waals surface area contributed by atoms with Crippen LogP contribution in [0.4, 0.5) is 0 Å². The number of rotatable bonds is 5. The van der Waals surface area contributed by atoms with Crippen LogP contribution in [0.15, 0.2) is 0 Å². The number of carbonyl (C=O) groups excluding carboxylic acids is 2. The fraction of sp³-hybridized carbons (Fsp3) is 0.727. The molecule has 0 heterocycles. The largest absolute Gasteiger partial charge is 0.480 e. The summed E-state index contributed by atoms with van der Waals surface area (Å²) in [7, 11) is 0. The van der Waals surface area contributed by atoms with Crippen molar-refractivity contribution in [3.8, 4) is 0 Å². The summed E-state index contributed by atoms with van der Waals surface area (Å²) >= 11 is 0. The molecule has 1 unspecified atom stereocenters. The molecule has 0 aliphatic heterocycles. The van der Waals surface area contributed by atoms with Crippen LogP contribution in [-0.2, 0) is 14.4 Å². The van der Waals surface area contributed by atoms with Crippen molar-refractivity contribution in [2.45, 2.75) is 44.2 Å². The Morgan fingerprint density at radius 1 is 1.33 bits per heavy atom. The maximum atomic E-state index is 12.1. The normalized spacial score (nSPS) is 19.0. The molecule has 7 heteroatoms. The number of nitrogens with two attached hydrogens (primary N) is 1. The Labute approximate surface area is 105 Å². The van der Waals surface area contributed by atoms with E-state index >= 15 is 0 Å². The molecular weight excluding hydrogens is 238 g/mol. The SMILES string of the molecule is CC(NC(=O)C1(NC(=O)CN)CCCC1)C(=O)O. The molecule has 1 rings (SSSR count). The van der Waals surface area contributed by atoms with Gasteiger partial charge in [-0.3, -0.25) is 14.4 Å². The first-order valence-electron chi connectivity index (χ1n) is 5.96. The predicted molar refractivity (Wildman–Crippen MR) is 63.6 cm³/mol. The van der Waals surface area contributed by atoms with E-state index in [2.05, 4.69) is 10.6 Å². The van der Waals surface area contributed by atoms with E-state index in [9.17, 15) is 14.4 Å². The van der Waals surface area contributed by atoms with E-state index in [1.807, 2.05) is 0 Å². The number of carboxylic acid groups (broad SMARTS) is 1. The molecule has 1 fully saturated rings. The van der Waals surface area contributed by atoms with Gasteiger partial charge >= 0.3 is 5.97 Å². The summed E-state index contributed by atoms with van der Waals surface area (Å²) in [5.74, 6) is -1.96. The highest BCUT2D eigenvalue weighted by atomic mass is 16.4. The highest BCUT2D eigenvalue weighted by Crippen LogP contribution is 2.30. The number of hydrogen-bond acceptors (Lipinski definition) is 4. The zero-order valence-corrected chi connectivity index (χ0v) is 10.4. The van der Waals surface area contributed by atoms with E-state index in [1.54, 1.807) is 0 Å². The van der Waals surface area contributed by atoms with Crippen molar-refractivity contribution in [3.05, 3.63) is 0 Å². The van der Waals surface area contributed by atoms with Crippen molar-refractivity contribution in [2.24, 2.45) is 5.73 Å². The third-order valence-electron chi connectivity index (χ3n) is 3.17. The molecule has 1 atom stereocenters. The highest BCUT2D eigenvalue weighted by molar-refractivity contribution is 5.94. The molecule has 2 amide bonds. The van der Waals surface area contributed by atoms with Crippen LogP contribution in [0.5, 0.6) is 0 Å². The van der Waals surface area contributed by atoms with Crippen molar-refractivity contribution in [3.63, 3.8) is 0 Å². The van der Waals surface area contributed by atoms with Crippen molar-refractivity contribution in [1.29, 1.82) is 0 Å². The van der Waals surface area contributed by atoms with Gasteiger partial charge in [-0.2, -0.15) is 0 Å². The van der Waals surface area contributed by atoms with Gasteiger partial charge in [0.25, 0.3) is 0 Å². The number of carboxylic acids is 1. The van der Waals surface area contributed by atoms with E-state index in [4.69, 9.17) is 10.8 Å². The lowest BCUT2D eigenvalue weighted by molar-refractivity contribution is -0.142. The number of hydrogen-bond donors (Lipinski definition) is 4. The minimum Gasteiger partial charge on any atom is -0.480 e. The lowest BCUT2D eigenvalue weighted by atomic mass is 9.95. The quantitative estimate of drug-likeness (QED) is 0.501. The van der Waals surface area contributed by atoms with E-state index < -0.39 is 29.4 Å². The lowest BCUT2D eigenvalue weighted by Gasteiger charge is -2.29. The summed E-state index contributed by atoms with van der Waals surface area (Å²) in [6.45, 7) is 1.19. The first kappa shape index (κ1) is 14.4. The summed E-state index contributed by atoms with van der Waals surface area (Å²) < 4.78 is 0. The van der Waals surface area contributed by atoms with Crippen molar-refractivity contribution in [2.75, 3.05) is 6.54 Å². The molecule has 0 spiro atoms. The molecule has 102 valence electrons. The number of nitrogens with one attached hydrogen (secondary N) is 2. The highest BCUT2D eigenvalue weighted by Gasteiger charge is 2.42. The first-order chi connectivity index (χ1) is 8.41. The van der Waals surface area contributed by atoms with Crippen molar-refractivity contribution < 1.29 is 19.5 Å². The number of carbonyl (C=O) groups is 3. The molecule has 1 aliphatic carbocycles. The molecule has 0 aromatic rings. The summed E-state index contributed by atoms with van der Waals surface area (Å²) in [5, 5.41) is 13.8. The van der Waals surface area contributed by atoms with Gasteiger partial charge in [-0.05, 0) is 19.8 Å². The Kier molecular flexibility index (Phi) is 4.66. The molecule has 0 radical (unpaired) electrons. The predicted octanol–water partition coefficient (Wildman–Crippen LogP) is -1.04. The standard InChI is InChI=1S/C11H19N3O4/c1-7(9(16)17)13-10(18)11(4-2-3-5-11)14-8(15)6-12/h7H,2-6,12H2,1H3,(H,13,18)(H,14,15)(H,16,17). The van der Waals surface area contributed by atoms with Crippen LogP contribution in [-0.4, -0.2) is 41.0 Å². The molecule has 0 aromatic heterocycles. The third kappa shape index (κ3) is 3.19. The molecule has 1 aliphatic rings. The van der Waals surface area contributed by atoms with Gasteiger partial charge in [-0.25, -0.2) is 0 Å². The second-order valence-electron chi connectivity index (χ2n) is 4.57. The fourth-order valence-electron chi connectivity index (χ4n) is 2.10. The maximum absolute atomic E-state index is 12.1. The zero-order chi connectivity index (χ0) is 13.8. The Morgan fingerprint density at radius 2 is 1.89 bits per heavy atom. The van der Waals surface area contributed by atoms with E-state index in [-0.39, 0.29) is 6.54 Å². The summed E-state index contributed by atoms with van der Waals surface area (Å²) in [6, 6.07) is -0.982. The van der Waals surface area contributed by atoms with Crippen molar-refractivity contribution >= 4 is 17.8 Å². The Balaban J connectivity index is 2.75. The number of amides is 2. The van der Waals surface area contributed by atoms with Gasteiger partial charge in [0.2, 0.25) is 11.8 Å². The van der Waals surface area contributed by atoms with E-state index in [0.29, 0.717) is 12.8 Å². The minimum absolute atomic E-state index is 0.191. The molecule has 18 heavy (non-hydrogen) atoms. The van der Waals surface area contributed by atoms with E-state index in [0.717, 1.165) is 12.8 Å². The second-order valence-corrected chi connectivity index (χ2v) is 4.57. The molecule has 7 nitrogen and oxygen atoms in total. The van der Waals surface area contributed by atoms with Crippen LogP contribution in [0.1, 0.15) is 32.6 Å². The third-order valence-corrected chi connectivity index (χ3v) is 3.17. The molecule has 1 saturated carbocycles. The summed E-state index contributed by atoms with van der Waals surface area (Å²) in [4.78, 5) is 34.2. The van der Waals surface area contributed by atoms with Gasteiger partial charge in [0.15, 0.2) is 0 Å². The van der Waals surface area contributed by atoms with Gasteiger partial charge in [0.05, 0.1) is 6.54 Å². The van der Waals surface area contributed by atoms with Crippen LogP contribution in [0.2, 0.25) is 0 Å². The van der Waals surface area contributed by atoms with Crippen molar-refractivity contribution in [1.82, 2.24) is 10.6 Å². The average Bonchev–Trinajstić information content (AvgIpc) is 2.78. The molecular formula is C11H19N3O4. The number of aliphatic carboxylic acids is 1. The van der Waals surface area contributed by atoms with Gasteiger partial charge in [0.1, 0.15) is 11.6 Å². The van der Waals surface area contributed by atoms with Crippen LogP contribution in [0.3, 0.4) is 0 Å². The molecule has 0 saturated heterocycles. The molecule has 5 N–H and O–H groups in total. The second kappa shape index (κ2) is 5.81. The van der Waals surface area contributed by atoms with Crippen LogP contribution in [0, 0.1) is 0 Å². The van der Waals surface area contributed by atoms with Gasteiger partial charge in [-0.15, -0.1) is 0 Å². The van der Waals surface area contributed by atoms with Crippen LogP contribution < -0.4 is 16.4 Å². The summed E-state index contributed by atoms with van der Waals surface area (Å²) in [6.07, 6.45) is 2.66. The van der Waals surface area contributed by atoms with Gasteiger partial charge in [0, 0.05) is 0 Å². The average molecular weight is 257 g/mol. The fourth-order valence-corrected chi connectivity index (χ4v) is 2.10. The minimum atomic E-state index is -1.11. The van der Waals surface area contributed by atoms with Gasteiger partial charge < -0.3 is 21.5 Å². The van der Waals surface area contributed by atoms with E-state index in [1.165, 1.54) is 6.92 Å². The summed E-state index contributed by atoms with van der Waals surface area (Å²) in [5.41, 5.74) is 4.22. The van der Waals surface area contributed by atoms with Crippen LogP contribution in [0.25, 0.3) is 0 Å². The topological polar surface area (TPSA) is 122 Å². The Morgan fingerprint density at radius 3 is 2.33 bits per heavy atom. The Hall–Kier alpha value is -1.63. The maximum Gasteiger partial charge on any atom is 0.325 e.